The lowest BCUT2D eigenvalue weighted by molar-refractivity contribution is 0.273. The molecule has 1 aromatic heterocycles. The summed E-state index contributed by atoms with van der Waals surface area (Å²) in [6.45, 7) is 2.85. The van der Waals surface area contributed by atoms with Gasteiger partial charge in [0.25, 0.3) is 0 Å². The van der Waals surface area contributed by atoms with E-state index in [1.165, 1.54) is 25.7 Å². The predicted molar refractivity (Wildman–Crippen MR) is 95.2 cm³/mol. The van der Waals surface area contributed by atoms with Crippen LogP contribution in [0.15, 0.2) is 42.5 Å². The molecule has 2 aromatic carbocycles. The highest BCUT2D eigenvalue weighted by molar-refractivity contribution is 5.79. The van der Waals surface area contributed by atoms with Crippen LogP contribution in [0.2, 0.25) is 0 Å². The van der Waals surface area contributed by atoms with Gasteiger partial charge in [-0.2, -0.15) is 0 Å². The minimum absolute atomic E-state index is 0.141. The maximum Gasteiger partial charge on any atom is 0.138 e. The number of aromatic amines is 1. The van der Waals surface area contributed by atoms with E-state index in [2.05, 4.69) is 14.9 Å². The Balaban J connectivity index is 1.57. The summed E-state index contributed by atoms with van der Waals surface area (Å²) in [5.74, 6) is 0.577. The molecule has 0 spiro atoms. The highest BCUT2D eigenvalue weighted by atomic mass is 19.1. The molecule has 0 aliphatic carbocycles. The first-order valence-corrected chi connectivity index (χ1v) is 8.75. The van der Waals surface area contributed by atoms with Gasteiger partial charge in [-0.3, -0.25) is 4.90 Å². The first-order chi connectivity index (χ1) is 11.8. The summed E-state index contributed by atoms with van der Waals surface area (Å²) in [6, 6.07) is 13.3. The van der Waals surface area contributed by atoms with Crippen molar-refractivity contribution in [2.45, 2.75) is 32.2 Å². The Morgan fingerprint density at radius 3 is 2.54 bits per heavy atom. The number of nitrogens with zero attached hydrogens (tertiary/aromatic N) is 2. The zero-order chi connectivity index (χ0) is 16.4. The zero-order valence-electron chi connectivity index (χ0n) is 13.8. The molecular formula is C20H22FN3. The molecule has 1 aliphatic rings. The van der Waals surface area contributed by atoms with Crippen LogP contribution >= 0.6 is 0 Å². The number of aromatic nitrogens is 2. The van der Waals surface area contributed by atoms with Gasteiger partial charge in [0, 0.05) is 17.7 Å². The van der Waals surface area contributed by atoms with Crippen molar-refractivity contribution in [3.8, 4) is 11.4 Å². The van der Waals surface area contributed by atoms with Gasteiger partial charge in [0.2, 0.25) is 0 Å². The van der Waals surface area contributed by atoms with Crippen molar-refractivity contribution in [2.24, 2.45) is 0 Å². The van der Waals surface area contributed by atoms with Gasteiger partial charge >= 0.3 is 0 Å². The van der Waals surface area contributed by atoms with Crippen LogP contribution in [0, 0.1) is 5.82 Å². The number of halogens is 1. The highest BCUT2D eigenvalue weighted by Gasteiger charge is 2.13. The Morgan fingerprint density at radius 2 is 1.79 bits per heavy atom. The second kappa shape index (κ2) is 6.73. The van der Waals surface area contributed by atoms with E-state index >= 15 is 0 Å². The van der Waals surface area contributed by atoms with Gasteiger partial charge in [-0.05, 0) is 44.1 Å². The molecule has 1 fully saturated rings. The quantitative estimate of drug-likeness (QED) is 0.754. The Kier molecular flexibility index (Phi) is 4.30. The number of para-hydroxylation sites is 2. The number of H-pyrrole nitrogens is 1. The third kappa shape index (κ3) is 3.20. The van der Waals surface area contributed by atoms with Gasteiger partial charge in [-0.25, -0.2) is 9.37 Å². The lowest BCUT2D eigenvalue weighted by Crippen LogP contribution is -2.24. The van der Waals surface area contributed by atoms with Crippen LogP contribution in [0.5, 0.6) is 0 Å². The summed E-state index contributed by atoms with van der Waals surface area (Å²) in [4.78, 5) is 10.2. The van der Waals surface area contributed by atoms with Crippen molar-refractivity contribution in [1.82, 2.24) is 14.9 Å². The average Bonchev–Trinajstić information content (AvgIpc) is 2.87. The summed E-state index contributed by atoms with van der Waals surface area (Å²) in [7, 11) is 0. The van der Waals surface area contributed by atoms with Crippen LogP contribution in [0.4, 0.5) is 4.39 Å². The molecular weight excluding hydrogens is 301 g/mol. The van der Waals surface area contributed by atoms with Gasteiger partial charge in [-0.15, -0.1) is 0 Å². The van der Waals surface area contributed by atoms with Crippen LogP contribution < -0.4 is 0 Å². The molecule has 1 saturated heterocycles. The smallest absolute Gasteiger partial charge is 0.138 e. The van der Waals surface area contributed by atoms with Crippen LogP contribution in [-0.2, 0) is 6.54 Å². The second-order valence-corrected chi connectivity index (χ2v) is 6.60. The minimum Gasteiger partial charge on any atom is -0.338 e. The van der Waals surface area contributed by atoms with Crippen LogP contribution in [0.25, 0.3) is 22.4 Å². The van der Waals surface area contributed by atoms with E-state index in [9.17, 15) is 4.39 Å². The Labute approximate surface area is 141 Å². The van der Waals surface area contributed by atoms with E-state index in [1.54, 1.807) is 6.07 Å². The number of nitrogens with one attached hydrogen (secondary N) is 1. The summed E-state index contributed by atoms with van der Waals surface area (Å²) < 4.78 is 14.6. The van der Waals surface area contributed by atoms with Crippen molar-refractivity contribution in [2.75, 3.05) is 13.1 Å². The molecule has 24 heavy (non-hydrogen) atoms. The normalized spacial score (nSPS) is 16.4. The van der Waals surface area contributed by atoms with Gasteiger partial charge in [-0.1, -0.05) is 37.1 Å². The fourth-order valence-corrected chi connectivity index (χ4v) is 3.45. The van der Waals surface area contributed by atoms with Crippen LogP contribution in [0.3, 0.4) is 0 Å². The van der Waals surface area contributed by atoms with E-state index in [4.69, 9.17) is 0 Å². The summed E-state index contributed by atoms with van der Waals surface area (Å²) in [6.07, 6.45) is 5.03. The van der Waals surface area contributed by atoms with Gasteiger partial charge < -0.3 is 4.98 Å². The molecule has 0 saturated carbocycles. The minimum atomic E-state index is -0.141. The highest BCUT2D eigenvalue weighted by Crippen LogP contribution is 2.23. The number of rotatable bonds is 3. The fraction of sp³-hybridized carbons (Fsp3) is 0.350. The van der Waals surface area contributed by atoms with E-state index in [0.717, 1.165) is 41.1 Å². The van der Waals surface area contributed by atoms with Crippen LogP contribution in [0.1, 0.15) is 31.2 Å². The van der Waals surface area contributed by atoms with Gasteiger partial charge in [0.1, 0.15) is 11.6 Å². The summed E-state index contributed by atoms with van der Waals surface area (Å²) in [5.41, 5.74) is 3.45. The molecule has 0 unspecified atom stereocenters. The van der Waals surface area contributed by atoms with Crippen molar-refractivity contribution < 1.29 is 4.39 Å². The molecule has 2 heterocycles. The standard InChI is InChI=1S/C20H22FN3/c21-17-13-15(20-22-18-7-3-4-8-19(18)23-20)9-10-16(17)14-24-11-5-1-2-6-12-24/h3-4,7-10,13H,1-2,5-6,11-12,14H2,(H,22,23). The predicted octanol–water partition coefficient (Wildman–Crippen LogP) is 4.75. The number of benzene rings is 2. The number of hydrogen-bond acceptors (Lipinski definition) is 2. The van der Waals surface area contributed by atoms with Gasteiger partial charge in [0.15, 0.2) is 0 Å². The van der Waals surface area contributed by atoms with E-state index in [-0.39, 0.29) is 5.82 Å². The molecule has 0 atom stereocenters. The van der Waals surface area contributed by atoms with Crippen molar-refractivity contribution >= 4 is 11.0 Å². The third-order valence-corrected chi connectivity index (χ3v) is 4.81. The second-order valence-electron chi connectivity index (χ2n) is 6.60. The SMILES string of the molecule is Fc1cc(-c2nc3ccccc3[nH]2)ccc1CN1CCCCCC1. The monoisotopic (exact) mass is 323 g/mol. The third-order valence-electron chi connectivity index (χ3n) is 4.81. The zero-order valence-corrected chi connectivity index (χ0v) is 13.8. The Bertz CT molecular complexity index is 799. The average molecular weight is 323 g/mol. The number of fused-ring (bicyclic) bond motifs is 1. The van der Waals surface area contributed by atoms with E-state index in [0.29, 0.717) is 6.54 Å². The maximum absolute atomic E-state index is 14.6. The van der Waals surface area contributed by atoms with E-state index in [1.807, 2.05) is 36.4 Å². The first kappa shape index (κ1) is 15.3. The molecule has 3 aromatic rings. The van der Waals surface area contributed by atoms with Crippen molar-refractivity contribution in [3.63, 3.8) is 0 Å². The topological polar surface area (TPSA) is 31.9 Å². The maximum atomic E-state index is 14.6. The Hall–Kier alpha value is -2.20. The molecule has 3 nitrogen and oxygen atoms in total. The van der Waals surface area contributed by atoms with Crippen molar-refractivity contribution in [3.05, 3.63) is 53.8 Å². The summed E-state index contributed by atoms with van der Waals surface area (Å²) >= 11 is 0. The lowest BCUT2D eigenvalue weighted by Gasteiger charge is -2.20. The fourth-order valence-electron chi connectivity index (χ4n) is 3.45. The molecule has 0 bridgehead atoms. The number of hydrogen-bond donors (Lipinski definition) is 1. The van der Waals surface area contributed by atoms with Gasteiger partial charge in [0.05, 0.1) is 11.0 Å². The number of likely N-dealkylation sites (tertiary alicyclic amines) is 1. The summed E-state index contributed by atoms with van der Waals surface area (Å²) in [5, 5.41) is 0. The molecule has 0 amide bonds. The molecule has 1 aliphatic heterocycles. The largest absolute Gasteiger partial charge is 0.338 e. The first-order valence-electron chi connectivity index (χ1n) is 8.75. The molecule has 124 valence electrons. The number of imidazole rings is 1. The van der Waals surface area contributed by atoms with Crippen LogP contribution in [-0.4, -0.2) is 28.0 Å². The van der Waals surface area contributed by atoms with E-state index < -0.39 is 0 Å². The lowest BCUT2D eigenvalue weighted by atomic mass is 10.1. The van der Waals surface area contributed by atoms with Crippen molar-refractivity contribution in [1.29, 1.82) is 0 Å². The molecule has 4 rings (SSSR count). The molecule has 4 heteroatoms. The molecule has 0 radical (unpaired) electrons. The Morgan fingerprint density at radius 1 is 1.00 bits per heavy atom. The molecule has 1 N–H and O–H groups in total.